The number of nitrogens with one attached hydrogen (secondary N) is 3. The predicted octanol–water partition coefficient (Wildman–Crippen LogP) is 1.85. The minimum absolute atomic E-state index is 0.150. The van der Waals surface area contributed by atoms with Gasteiger partial charge in [-0.15, -0.1) is 11.8 Å². The zero-order chi connectivity index (χ0) is 20.1. The van der Waals surface area contributed by atoms with Crippen molar-refractivity contribution >= 4 is 41.0 Å². The Labute approximate surface area is 163 Å². The molecule has 0 radical (unpaired) electrons. The molecule has 0 spiro atoms. The lowest BCUT2D eigenvalue weighted by atomic mass is 9.99. The maximum absolute atomic E-state index is 12.8. The van der Waals surface area contributed by atoms with Crippen LogP contribution < -0.4 is 16.0 Å². The lowest BCUT2D eigenvalue weighted by Gasteiger charge is -2.11. The number of nitrogens with zero attached hydrogens (tertiary/aromatic N) is 1. The molecule has 0 aliphatic heterocycles. The summed E-state index contributed by atoms with van der Waals surface area (Å²) in [6, 6.07) is 8.29. The summed E-state index contributed by atoms with van der Waals surface area (Å²) in [5.41, 5.74) is 0.124. The zero-order valence-electron chi connectivity index (χ0n) is 14.8. The molecule has 28 heavy (non-hydrogen) atoms. The van der Waals surface area contributed by atoms with Crippen molar-refractivity contribution in [2.75, 3.05) is 24.7 Å². The second-order valence-electron chi connectivity index (χ2n) is 5.61. The molecule has 1 aromatic carbocycles. The molecule has 0 fully saturated rings. The molecule has 1 aliphatic rings. The maximum Gasteiger partial charge on any atom is 0.314 e. The number of rotatable bonds is 6. The summed E-state index contributed by atoms with van der Waals surface area (Å²) in [7, 11) is 1.49. The number of amides is 3. The highest BCUT2D eigenvalue weighted by Gasteiger charge is 2.36. The van der Waals surface area contributed by atoms with Crippen LogP contribution >= 0.6 is 11.8 Å². The SMILES string of the molecule is CNC(=O)NCCSC1=CC(=O)c2onc(C(=O)Nc3ccccc3)c2C1=O. The van der Waals surface area contributed by atoms with Crippen LogP contribution in [0.25, 0.3) is 0 Å². The second-order valence-corrected chi connectivity index (χ2v) is 6.75. The number of benzene rings is 1. The number of allylic oxidation sites excluding steroid dienone is 2. The van der Waals surface area contributed by atoms with Crippen LogP contribution in [0.2, 0.25) is 0 Å². The Morgan fingerprint density at radius 3 is 2.64 bits per heavy atom. The molecule has 3 amide bonds. The van der Waals surface area contributed by atoms with Crippen LogP contribution in [0.15, 0.2) is 45.8 Å². The Hall–Kier alpha value is -3.40. The van der Waals surface area contributed by atoms with Crippen LogP contribution in [-0.2, 0) is 0 Å². The van der Waals surface area contributed by atoms with Crippen LogP contribution in [0.4, 0.5) is 10.5 Å². The van der Waals surface area contributed by atoms with Gasteiger partial charge in [0.1, 0.15) is 5.56 Å². The summed E-state index contributed by atoms with van der Waals surface area (Å²) in [5.74, 6) is -1.59. The summed E-state index contributed by atoms with van der Waals surface area (Å²) >= 11 is 1.10. The average molecular weight is 400 g/mol. The molecule has 0 saturated carbocycles. The molecular formula is C18H16N4O5S. The van der Waals surface area contributed by atoms with Crippen molar-refractivity contribution in [3.8, 4) is 0 Å². The largest absolute Gasteiger partial charge is 0.351 e. The van der Waals surface area contributed by atoms with E-state index in [4.69, 9.17) is 4.52 Å². The molecule has 3 N–H and O–H groups in total. The number of hydrogen-bond donors (Lipinski definition) is 3. The van der Waals surface area contributed by atoms with E-state index in [0.717, 1.165) is 17.8 Å². The number of thioether (sulfide) groups is 1. The van der Waals surface area contributed by atoms with E-state index in [1.165, 1.54) is 7.05 Å². The van der Waals surface area contributed by atoms with Gasteiger partial charge in [0.2, 0.25) is 17.3 Å². The number of carbonyl (C=O) groups is 4. The Morgan fingerprint density at radius 2 is 1.93 bits per heavy atom. The molecule has 9 nitrogen and oxygen atoms in total. The van der Waals surface area contributed by atoms with E-state index in [2.05, 4.69) is 21.1 Å². The van der Waals surface area contributed by atoms with Gasteiger partial charge in [-0.25, -0.2) is 4.79 Å². The van der Waals surface area contributed by atoms with Gasteiger partial charge in [-0.05, 0) is 12.1 Å². The Kier molecular flexibility index (Phi) is 5.90. The van der Waals surface area contributed by atoms with E-state index < -0.39 is 17.5 Å². The molecular weight excluding hydrogens is 384 g/mol. The number of urea groups is 1. The van der Waals surface area contributed by atoms with Crippen molar-refractivity contribution < 1.29 is 23.7 Å². The number of Topliss-reactive ketones (excluding diaryl/α,β-unsaturated/α-hetero) is 1. The Balaban J connectivity index is 1.74. The average Bonchev–Trinajstić information content (AvgIpc) is 3.15. The number of anilines is 1. The molecule has 1 aliphatic carbocycles. The lowest BCUT2D eigenvalue weighted by Crippen LogP contribution is -2.34. The molecule has 0 bridgehead atoms. The quantitative estimate of drug-likeness (QED) is 0.631. The van der Waals surface area contributed by atoms with Crippen molar-refractivity contribution in [3.63, 3.8) is 0 Å². The third kappa shape index (κ3) is 4.12. The van der Waals surface area contributed by atoms with E-state index in [-0.39, 0.29) is 28.0 Å². The molecule has 0 atom stereocenters. The van der Waals surface area contributed by atoms with Crippen LogP contribution in [0, 0.1) is 0 Å². The van der Waals surface area contributed by atoms with E-state index in [9.17, 15) is 19.2 Å². The first-order valence-corrected chi connectivity index (χ1v) is 9.25. The summed E-state index contributed by atoms with van der Waals surface area (Å²) < 4.78 is 4.95. The normalized spacial score (nSPS) is 12.8. The highest BCUT2D eigenvalue weighted by Crippen LogP contribution is 2.30. The van der Waals surface area contributed by atoms with E-state index in [1.54, 1.807) is 30.3 Å². The summed E-state index contributed by atoms with van der Waals surface area (Å²) in [4.78, 5) is 48.8. The summed E-state index contributed by atoms with van der Waals surface area (Å²) in [5, 5.41) is 11.2. The van der Waals surface area contributed by atoms with E-state index in [1.807, 2.05) is 0 Å². The predicted molar refractivity (Wildman–Crippen MR) is 103 cm³/mol. The smallest absolute Gasteiger partial charge is 0.314 e. The number of para-hydroxylation sites is 1. The molecule has 144 valence electrons. The van der Waals surface area contributed by atoms with Gasteiger partial charge in [0.15, 0.2) is 5.69 Å². The summed E-state index contributed by atoms with van der Waals surface area (Å²) in [6.07, 6.45) is 1.15. The van der Waals surface area contributed by atoms with Gasteiger partial charge in [-0.3, -0.25) is 14.4 Å². The third-order valence-corrected chi connectivity index (χ3v) is 4.77. The third-order valence-electron chi connectivity index (χ3n) is 3.75. The Morgan fingerprint density at radius 1 is 1.18 bits per heavy atom. The molecule has 10 heteroatoms. The van der Waals surface area contributed by atoms with Crippen molar-refractivity contribution in [1.82, 2.24) is 15.8 Å². The lowest BCUT2D eigenvalue weighted by molar-refractivity contribution is 0.0967. The van der Waals surface area contributed by atoms with Gasteiger partial charge < -0.3 is 20.5 Å². The molecule has 1 aromatic heterocycles. The van der Waals surface area contributed by atoms with Gasteiger partial charge in [0, 0.05) is 31.1 Å². The fourth-order valence-electron chi connectivity index (χ4n) is 2.43. The van der Waals surface area contributed by atoms with Crippen LogP contribution in [-0.4, -0.2) is 48.0 Å². The minimum Gasteiger partial charge on any atom is -0.351 e. The van der Waals surface area contributed by atoms with Gasteiger partial charge >= 0.3 is 6.03 Å². The minimum atomic E-state index is -0.648. The van der Waals surface area contributed by atoms with Crippen molar-refractivity contribution in [3.05, 3.63) is 58.3 Å². The standard InChI is InChI=1S/C18H16N4O5S/c1-19-18(26)20-7-8-28-12-9-11(23)16-13(15(12)24)14(22-27-16)17(25)21-10-5-3-2-4-6-10/h2-6,9H,7-8H2,1H3,(H,21,25)(H2,19,20,26). The highest BCUT2D eigenvalue weighted by molar-refractivity contribution is 8.04. The van der Waals surface area contributed by atoms with Gasteiger partial charge in [0.05, 0.1) is 4.91 Å². The second kappa shape index (κ2) is 8.53. The fraction of sp³-hybridized carbons (Fsp3) is 0.167. The number of carbonyl (C=O) groups excluding carboxylic acids is 4. The number of fused-ring (bicyclic) bond motifs is 1. The Bertz CT molecular complexity index is 968. The van der Waals surface area contributed by atoms with Gasteiger partial charge in [-0.1, -0.05) is 23.4 Å². The fourth-order valence-corrected chi connectivity index (χ4v) is 3.28. The van der Waals surface area contributed by atoms with E-state index >= 15 is 0 Å². The van der Waals surface area contributed by atoms with Crippen LogP contribution in [0.3, 0.4) is 0 Å². The van der Waals surface area contributed by atoms with Crippen LogP contribution in [0.1, 0.15) is 31.4 Å². The van der Waals surface area contributed by atoms with Crippen molar-refractivity contribution in [2.45, 2.75) is 0 Å². The van der Waals surface area contributed by atoms with Gasteiger partial charge in [-0.2, -0.15) is 0 Å². The van der Waals surface area contributed by atoms with Crippen molar-refractivity contribution in [1.29, 1.82) is 0 Å². The number of hydrogen-bond acceptors (Lipinski definition) is 7. The molecule has 1 heterocycles. The molecule has 0 unspecified atom stereocenters. The molecule has 3 rings (SSSR count). The highest BCUT2D eigenvalue weighted by atomic mass is 32.2. The first-order valence-electron chi connectivity index (χ1n) is 8.26. The van der Waals surface area contributed by atoms with Gasteiger partial charge in [0.25, 0.3) is 5.91 Å². The first kappa shape index (κ1) is 19.4. The molecule has 0 saturated heterocycles. The number of aromatic nitrogens is 1. The molecule has 2 aromatic rings. The maximum atomic E-state index is 12.8. The zero-order valence-corrected chi connectivity index (χ0v) is 15.6. The first-order chi connectivity index (χ1) is 13.5. The monoisotopic (exact) mass is 400 g/mol. The van der Waals surface area contributed by atoms with E-state index in [0.29, 0.717) is 18.0 Å². The number of ketones is 2. The van der Waals surface area contributed by atoms with Crippen molar-refractivity contribution in [2.24, 2.45) is 0 Å². The summed E-state index contributed by atoms with van der Waals surface area (Å²) in [6.45, 7) is 0.293. The van der Waals surface area contributed by atoms with Crippen LogP contribution in [0.5, 0.6) is 0 Å². The topological polar surface area (TPSA) is 130 Å².